The molecule has 0 N–H and O–H groups in total. The Bertz CT molecular complexity index is 72.5. The van der Waals surface area contributed by atoms with Crippen LogP contribution in [0.5, 0.6) is 0 Å². The molecule has 0 bridgehead atoms. The fraction of sp³-hybridized carbons (Fsp3) is 1.00. The summed E-state index contributed by atoms with van der Waals surface area (Å²) in [6, 6.07) is 0. The molecule has 0 aliphatic heterocycles. The molecule has 11 heavy (non-hydrogen) atoms. The summed E-state index contributed by atoms with van der Waals surface area (Å²) in [5.41, 5.74) is 0. The molecule has 0 fully saturated rings. The van der Waals surface area contributed by atoms with Gasteiger partial charge in [0, 0.05) is 13.2 Å². The van der Waals surface area contributed by atoms with E-state index in [9.17, 15) is 0 Å². The molecule has 0 aromatic carbocycles. The Morgan fingerprint density at radius 3 is 2.09 bits per heavy atom. The number of thiol groups is 1. The fourth-order valence-corrected chi connectivity index (χ4v) is 1.03. The number of ether oxygens (including phenoxy) is 2. The molecule has 0 aromatic rings. The minimum Gasteiger partial charge on any atom is -0.353 e. The lowest BCUT2D eigenvalue weighted by Gasteiger charge is -2.15. The van der Waals surface area contributed by atoms with E-state index in [4.69, 9.17) is 9.47 Å². The number of rotatable bonds is 7. The maximum Gasteiger partial charge on any atom is 0.157 e. The molecule has 0 rings (SSSR count). The van der Waals surface area contributed by atoms with Crippen LogP contribution in [0.3, 0.4) is 0 Å². The van der Waals surface area contributed by atoms with Gasteiger partial charge in [-0.3, -0.25) is 0 Å². The van der Waals surface area contributed by atoms with Gasteiger partial charge in [-0.1, -0.05) is 0 Å². The molecule has 0 saturated heterocycles. The highest BCUT2D eigenvalue weighted by molar-refractivity contribution is 7.80. The molecule has 0 amide bonds. The second kappa shape index (κ2) is 8.37. The van der Waals surface area contributed by atoms with Crippen LogP contribution < -0.4 is 0 Å². The van der Waals surface area contributed by atoms with E-state index in [-0.39, 0.29) is 6.29 Å². The molecule has 0 unspecified atom stereocenters. The van der Waals surface area contributed by atoms with Crippen LogP contribution in [0.15, 0.2) is 0 Å². The van der Waals surface area contributed by atoms with Crippen LogP contribution in [0.25, 0.3) is 0 Å². The fourth-order valence-electron chi connectivity index (χ4n) is 0.845. The third-order valence-corrected chi connectivity index (χ3v) is 1.62. The van der Waals surface area contributed by atoms with Crippen LogP contribution in [0.4, 0.5) is 0 Å². The first-order chi connectivity index (χ1) is 5.35. The summed E-state index contributed by atoms with van der Waals surface area (Å²) < 4.78 is 10.7. The van der Waals surface area contributed by atoms with Gasteiger partial charge >= 0.3 is 0 Å². The minimum atomic E-state index is -0.0165. The maximum absolute atomic E-state index is 5.33. The summed E-state index contributed by atoms with van der Waals surface area (Å²) in [6.07, 6.45) is 1.98. The van der Waals surface area contributed by atoms with E-state index >= 15 is 0 Å². The first-order valence-electron chi connectivity index (χ1n) is 4.19. The Labute approximate surface area is 74.7 Å². The van der Waals surface area contributed by atoms with Gasteiger partial charge in [-0.2, -0.15) is 12.6 Å². The summed E-state index contributed by atoms with van der Waals surface area (Å²) in [5.74, 6) is 0.899. The van der Waals surface area contributed by atoms with Crippen LogP contribution >= 0.6 is 12.6 Å². The summed E-state index contributed by atoms with van der Waals surface area (Å²) in [7, 11) is 0. The quantitative estimate of drug-likeness (QED) is 0.475. The Morgan fingerprint density at radius 2 is 1.73 bits per heavy atom. The van der Waals surface area contributed by atoms with E-state index in [0.717, 1.165) is 31.8 Å². The molecule has 0 atom stereocenters. The summed E-state index contributed by atoms with van der Waals surface area (Å²) in [4.78, 5) is 0. The van der Waals surface area contributed by atoms with Gasteiger partial charge in [0.25, 0.3) is 0 Å². The monoisotopic (exact) mass is 178 g/mol. The molecule has 0 saturated carbocycles. The standard InChI is InChI=1S/C8H18O2S/c1-3-9-8(10-4-2)6-5-7-11/h8,11H,3-7H2,1-2H3. The van der Waals surface area contributed by atoms with Crippen molar-refractivity contribution >= 4 is 12.6 Å². The molecule has 68 valence electrons. The van der Waals surface area contributed by atoms with Gasteiger partial charge in [-0.15, -0.1) is 0 Å². The third kappa shape index (κ3) is 6.66. The highest BCUT2D eigenvalue weighted by atomic mass is 32.1. The zero-order chi connectivity index (χ0) is 8.53. The van der Waals surface area contributed by atoms with Gasteiger partial charge in [0.2, 0.25) is 0 Å². The number of hydrogen-bond acceptors (Lipinski definition) is 3. The van der Waals surface area contributed by atoms with Gasteiger partial charge < -0.3 is 9.47 Å². The van der Waals surface area contributed by atoms with Crippen molar-refractivity contribution in [2.24, 2.45) is 0 Å². The maximum atomic E-state index is 5.33. The molecule has 2 nitrogen and oxygen atoms in total. The second-order valence-electron chi connectivity index (χ2n) is 2.21. The van der Waals surface area contributed by atoms with Crippen LogP contribution in [0, 0.1) is 0 Å². The predicted molar refractivity (Wildman–Crippen MR) is 50.1 cm³/mol. The molecule has 0 aliphatic carbocycles. The lowest BCUT2D eigenvalue weighted by Crippen LogP contribution is -2.17. The molecule has 0 spiro atoms. The molecule has 0 heterocycles. The van der Waals surface area contributed by atoms with Crippen LogP contribution in [-0.2, 0) is 9.47 Å². The van der Waals surface area contributed by atoms with Crippen molar-refractivity contribution < 1.29 is 9.47 Å². The van der Waals surface area contributed by atoms with Crippen molar-refractivity contribution in [3.8, 4) is 0 Å². The molecule has 0 radical (unpaired) electrons. The largest absolute Gasteiger partial charge is 0.353 e. The van der Waals surface area contributed by atoms with Gasteiger partial charge in [0.1, 0.15) is 0 Å². The van der Waals surface area contributed by atoms with E-state index in [2.05, 4.69) is 12.6 Å². The van der Waals surface area contributed by atoms with Crippen molar-refractivity contribution in [2.45, 2.75) is 33.0 Å². The molecular weight excluding hydrogens is 160 g/mol. The van der Waals surface area contributed by atoms with Crippen LogP contribution in [0.1, 0.15) is 26.7 Å². The van der Waals surface area contributed by atoms with E-state index in [0.29, 0.717) is 0 Å². The van der Waals surface area contributed by atoms with E-state index in [1.807, 2.05) is 13.8 Å². The van der Waals surface area contributed by atoms with Crippen molar-refractivity contribution in [1.82, 2.24) is 0 Å². The van der Waals surface area contributed by atoms with Gasteiger partial charge in [0.15, 0.2) is 6.29 Å². The highest BCUT2D eigenvalue weighted by Gasteiger charge is 2.05. The van der Waals surface area contributed by atoms with Crippen molar-refractivity contribution in [1.29, 1.82) is 0 Å². The first-order valence-corrected chi connectivity index (χ1v) is 4.82. The summed E-state index contributed by atoms with van der Waals surface area (Å²) >= 11 is 4.12. The zero-order valence-electron chi connectivity index (χ0n) is 7.38. The highest BCUT2D eigenvalue weighted by Crippen LogP contribution is 2.04. The molecular formula is C8H18O2S. The van der Waals surface area contributed by atoms with E-state index in [1.54, 1.807) is 0 Å². The number of hydrogen-bond donors (Lipinski definition) is 1. The normalized spacial score (nSPS) is 10.9. The van der Waals surface area contributed by atoms with Gasteiger partial charge in [0.05, 0.1) is 0 Å². The van der Waals surface area contributed by atoms with Crippen molar-refractivity contribution in [3.63, 3.8) is 0 Å². The van der Waals surface area contributed by atoms with Crippen molar-refractivity contribution in [2.75, 3.05) is 19.0 Å². The van der Waals surface area contributed by atoms with Gasteiger partial charge in [-0.25, -0.2) is 0 Å². The Morgan fingerprint density at radius 1 is 1.18 bits per heavy atom. The zero-order valence-corrected chi connectivity index (χ0v) is 8.27. The molecule has 0 aromatic heterocycles. The van der Waals surface area contributed by atoms with Gasteiger partial charge in [-0.05, 0) is 32.4 Å². The van der Waals surface area contributed by atoms with E-state index in [1.165, 1.54) is 0 Å². The average molecular weight is 178 g/mol. The smallest absolute Gasteiger partial charge is 0.157 e. The Hall–Kier alpha value is 0.270. The summed E-state index contributed by atoms with van der Waals surface area (Å²) in [5, 5.41) is 0. The third-order valence-electron chi connectivity index (χ3n) is 1.30. The predicted octanol–water partition coefficient (Wildman–Crippen LogP) is 2.10. The van der Waals surface area contributed by atoms with Crippen LogP contribution in [-0.4, -0.2) is 25.3 Å². The van der Waals surface area contributed by atoms with Crippen molar-refractivity contribution in [3.05, 3.63) is 0 Å². The minimum absolute atomic E-state index is 0.0165. The summed E-state index contributed by atoms with van der Waals surface area (Å²) in [6.45, 7) is 5.40. The lowest BCUT2D eigenvalue weighted by molar-refractivity contribution is -0.139. The van der Waals surface area contributed by atoms with E-state index < -0.39 is 0 Å². The SMILES string of the molecule is CCOC(CCCS)OCC. The molecule has 3 heteroatoms. The first kappa shape index (κ1) is 11.3. The molecule has 0 aliphatic rings. The topological polar surface area (TPSA) is 18.5 Å². The lowest BCUT2D eigenvalue weighted by atomic mass is 10.3. The average Bonchev–Trinajstić information content (AvgIpc) is 2.01. The van der Waals surface area contributed by atoms with Crippen LogP contribution in [0.2, 0.25) is 0 Å². The second-order valence-corrected chi connectivity index (χ2v) is 2.65. The Balaban J connectivity index is 3.34. The Kier molecular flexibility index (Phi) is 8.57.